The van der Waals surface area contributed by atoms with Crippen molar-refractivity contribution >= 4 is 17.7 Å². The summed E-state index contributed by atoms with van der Waals surface area (Å²) >= 11 is 1.73. The lowest BCUT2D eigenvalue weighted by atomic mass is 10.1. The van der Waals surface area contributed by atoms with Gasteiger partial charge in [0.15, 0.2) is 0 Å². The summed E-state index contributed by atoms with van der Waals surface area (Å²) in [6.07, 6.45) is 6.32. The smallest absolute Gasteiger partial charge is 0.222 e. The second kappa shape index (κ2) is 8.61. The molecule has 2 heterocycles. The summed E-state index contributed by atoms with van der Waals surface area (Å²) in [5.74, 6) is 0.222. The van der Waals surface area contributed by atoms with Crippen LogP contribution in [0.2, 0.25) is 0 Å². The number of hydrogen-bond acceptors (Lipinski definition) is 4. The highest BCUT2D eigenvalue weighted by molar-refractivity contribution is 7.98. The van der Waals surface area contributed by atoms with E-state index in [1.807, 2.05) is 46.1 Å². The number of aromatic nitrogens is 3. The van der Waals surface area contributed by atoms with Crippen LogP contribution in [0.4, 0.5) is 0 Å². The van der Waals surface area contributed by atoms with Gasteiger partial charge >= 0.3 is 0 Å². The van der Waals surface area contributed by atoms with Crippen molar-refractivity contribution in [3.8, 4) is 11.3 Å². The van der Waals surface area contributed by atoms with E-state index < -0.39 is 0 Å². The maximum Gasteiger partial charge on any atom is 0.222 e. The topological polar surface area (TPSA) is 51.0 Å². The van der Waals surface area contributed by atoms with E-state index in [4.69, 9.17) is 0 Å². The van der Waals surface area contributed by atoms with Crippen LogP contribution in [0.1, 0.15) is 24.4 Å². The fourth-order valence-electron chi connectivity index (χ4n) is 3.58. The monoisotopic (exact) mass is 392 g/mol. The summed E-state index contributed by atoms with van der Waals surface area (Å²) in [5.41, 5.74) is 3.15. The number of carbonyl (C=O) groups excluding carboxylic acids is 1. The largest absolute Gasteiger partial charge is 0.340 e. The van der Waals surface area contributed by atoms with Crippen molar-refractivity contribution in [2.75, 3.05) is 19.3 Å². The Bertz CT molecular complexity index is 923. The highest BCUT2D eigenvalue weighted by atomic mass is 32.2. The Morgan fingerprint density at radius 2 is 1.93 bits per heavy atom. The highest BCUT2D eigenvalue weighted by Crippen LogP contribution is 2.24. The second-order valence-electron chi connectivity index (χ2n) is 7.08. The maximum absolute atomic E-state index is 12.6. The van der Waals surface area contributed by atoms with Gasteiger partial charge in [-0.2, -0.15) is 0 Å². The zero-order valence-corrected chi connectivity index (χ0v) is 16.8. The predicted molar refractivity (Wildman–Crippen MR) is 112 cm³/mol. The lowest BCUT2D eigenvalue weighted by Crippen LogP contribution is -2.29. The molecule has 0 saturated carbocycles. The van der Waals surface area contributed by atoms with Crippen LogP contribution in [-0.2, 0) is 11.2 Å². The number of amides is 1. The standard InChI is InChI=1S/C22H24N4OS/c1-28-20-10-7-17(8-11-20)9-12-22(27)25-14-13-19(15-25)26-16-21(23-24-26)18-5-3-2-4-6-18/h2-8,10-11,16,19H,9,12-15H2,1H3. The molecule has 1 fully saturated rings. The van der Waals surface area contributed by atoms with Crippen LogP contribution in [0.25, 0.3) is 11.3 Å². The van der Waals surface area contributed by atoms with Gasteiger partial charge in [-0.15, -0.1) is 16.9 Å². The quantitative estimate of drug-likeness (QED) is 0.593. The Kier molecular flexibility index (Phi) is 5.76. The van der Waals surface area contributed by atoms with Crippen molar-refractivity contribution in [3.63, 3.8) is 0 Å². The van der Waals surface area contributed by atoms with Gasteiger partial charge < -0.3 is 4.90 Å². The fourth-order valence-corrected chi connectivity index (χ4v) is 3.99. The average Bonchev–Trinajstić information content (AvgIpc) is 3.43. The number of likely N-dealkylation sites (tertiary alicyclic amines) is 1. The van der Waals surface area contributed by atoms with E-state index in [1.54, 1.807) is 11.8 Å². The molecule has 0 spiro atoms. The zero-order chi connectivity index (χ0) is 19.3. The molecule has 4 rings (SSSR count). The molecule has 1 unspecified atom stereocenters. The van der Waals surface area contributed by atoms with Crippen LogP contribution >= 0.6 is 11.8 Å². The van der Waals surface area contributed by atoms with Crippen LogP contribution in [0.5, 0.6) is 0 Å². The van der Waals surface area contributed by atoms with E-state index in [9.17, 15) is 4.79 Å². The Morgan fingerprint density at radius 1 is 1.14 bits per heavy atom. The lowest BCUT2D eigenvalue weighted by molar-refractivity contribution is -0.130. The third kappa shape index (κ3) is 4.28. The molecular formula is C22H24N4OS. The number of thioether (sulfide) groups is 1. The molecule has 6 heteroatoms. The van der Waals surface area contributed by atoms with Gasteiger partial charge in [0.1, 0.15) is 5.69 Å². The summed E-state index contributed by atoms with van der Waals surface area (Å²) in [4.78, 5) is 15.8. The molecule has 2 aromatic carbocycles. The van der Waals surface area contributed by atoms with Crippen molar-refractivity contribution < 1.29 is 4.79 Å². The molecule has 0 radical (unpaired) electrons. The molecule has 1 atom stereocenters. The minimum Gasteiger partial charge on any atom is -0.340 e. The van der Waals surface area contributed by atoms with Crippen molar-refractivity contribution in [1.82, 2.24) is 19.9 Å². The fraction of sp³-hybridized carbons (Fsp3) is 0.318. The number of nitrogens with zero attached hydrogens (tertiary/aromatic N) is 4. The molecule has 0 bridgehead atoms. The Morgan fingerprint density at radius 3 is 2.68 bits per heavy atom. The first-order valence-electron chi connectivity index (χ1n) is 9.61. The number of benzene rings is 2. The third-order valence-electron chi connectivity index (χ3n) is 5.26. The summed E-state index contributed by atoms with van der Waals surface area (Å²) in [6.45, 7) is 1.50. The summed E-state index contributed by atoms with van der Waals surface area (Å²) in [6, 6.07) is 18.7. The lowest BCUT2D eigenvalue weighted by Gasteiger charge is -2.16. The molecular weight excluding hydrogens is 368 g/mol. The second-order valence-corrected chi connectivity index (χ2v) is 7.96. The van der Waals surface area contributed by atoms with Crippen molar-refractivity contribution in [1.29, 1.82) is 0 Å². The van der Waals surface area contributed by atoms with Gasteiger partial charge in [0.25, 0.3) is 0 Å². The molecule has 1 aliphatic heterocycles. The summed E-state index contributed by atoms with van der Waals surface area (Å²) < 4.78 is 1.91. The summed E-state index contributed by atoms with van der Waals surface area (Å²) in [5, 5.41) is 8.60. The van der Waals surface area contributed by atoms with Crippen LogP contribution in [-0.4, -0.2) is 45.1 Å². The number of hydrogen-bond donors (Lipinski definition) is 0. The molecule has 3 aromatic rings. The normalized spacial score (nSPS) is 16.5. The number of carbonyl (C=O) groups is 1. The maximum atomic E-state index is 12.6. The van der Waals surface area contributed by atoms with Gasteiger partial charge in [-0.25, -0.2) is 4.68 Å². The van der Waals surface area contributed by atoms with Crippen LogP contribution in [0, 0.1) is 0 Å². The molecule has 28 heavy (non-hydrogen) atoms. The van der Waals surface area contributed by atoms with Gasteiger partial charge in [-0.05, 0) is 36.8 Å². The SMILES string of the molecule is CSc1ccc(CCC(=O)N2CCC(n3cc(-c4ccccc4)nn3)C2)cc1. The first-order chi connectivity index (χ1) is 13.7. The van der Waals surface area contributed by atoms with Gasteiger partial charge in [0.05, 0.1) is 12.2 Å². The molecule has 1 aliphatic rings. The van der Waals surface area contributed by atoms with Gasteiger partial charge in [-0.1, -0.05) is 47.7 Å². The molecule has 0 N–H and O–H groups in total. The van der Waals surface area contributed by atoms with Gasteiger partial charge in [-0.3, -0.25) is 4.79 Å². The van der Waals surface area contributed by atoms with Gasteiger partial charge in [0.2, 0.25) is 5.91 Å². The molecule has 1 saturated heterocycles. The minimum absolute atomic E-state index is 0.203. The number of rotatable bonds is 6. The first kappa shape index (κ1) is 18.7. The van der Waals surface area contributed by atoms with E-state index >= 15 is 0 Å². The number of aryl methyl sites for hydroxylation is 1. The molecule has 0 aliphatic carbocycles. The van der Waals surface area contributed by atoms with Crippen LogP contribution in [0.15, 0.2) is 65.7 Å². The predicted octanol–water partition coefficient (Wildman–Crippen LogP) is 4.07. The van der Waals surface area contributed by atoms with Gasteiger partial charge in [0, 0.05) is 30.0 Å². The third-order valence-corrected chi connectivity index (χ3v) is 6.00. The minimum atomic E-state index is 0.203. The van der Waals surface area contributed by atoms with Crippen LogP contribution < -0.4 is 0 Å². The van der Waals surface area contributed by atoms with E-state index in [2.05, 4.69) is 40.8 Å². The Balaban J connectivity index is 1.32. The summed E-state index contributed by atoms with van der Waals surface area (Å²) in [7, 11) is 0. The molecule has 5 nitrogen and oxygen atoms in total. The van der Waals surface area contributed by atoms with E-state index in [-0.39, 0.29) is 11.9 Å². The molecule has 144 valence electrons. The Labute approximate surface area is 169 Å². The highest BCUT2D eigenvalue weighted by Gasteiger charge is 2.28. The Hall–Kier alpha value is -2.60. The van der Waals surface area contributed by atoms with Crippen molar-refractivity contribution in [2.24, 2.45) is 0 Å². The van der Waals surface area contributed by atoms with E-state index in [0.717, 1.165) is 30.6 Å². The first-order valence-corrected chi connectivity index (χ1v) is 10.8. The van der Waals surface area contributed by atoms with Crippen LogP contribution in [0.3, 0.4) is 0 Å². The molecule has 1 amide bonds. The van der Waals surface area contributed by atoms with Crippen molar-refractivity contribution in [3.05, 3.63) is 66.4 Å². The van der Waals surface area contributed by atoms with E-state index in [0.29, 0.717) is 13.0 Å². The molecule has 1 aromatic heterocycles. The van der Waals surface area contributed by atoms with E-state index in [1.165, 1.54) is 10.5 Å². The zero-order valence-electron chi connectivity index (χ0n) is 16.0. The average molecular weight is 393 g/mol. The van der Waals surface area contributed by atoms with Crippen molar-refractivity contribution in [2.45, 2.75) is 30.2 Å².